The molecule has 0 radical (unpaired) electrons. The van der Waals surface area contributed by atoms with Crippen LogP contribution in [0.3, 0.4) is 0 Å². The van der Waals surface area contributed by atoms with E-state index in [4.69, 9.17) is 11.6 Å². The molecular weight excluding hydrogens is 351 g/mol. The number of alkyl halides is 1. The lowest BCUT2D eigenvalue weighted by Crippen LogP contribution is -2.10. The fourth-order valence-corrected chi connectivity index (χ4v) is 3.29. The van der Waals surface area contributed by atoms with Crippen LogP contribution in [0, 0.1) is 0 Å². The second-order valence-corrected chi connectivity index (χ2v) is 6.64. The standard InChI is InChI=1S/C16H16ClFN4OS/c1-2-22-13(10-4-6-11(17)7-5-10)19-12-14(22)20-16(21-15(12)23)24-9-3-8-18/h4-7H,2-3,8-9H2,1H3,(H,20,21,23). The summed E-state index contributed by atoms with van der Waals surface area (Å²) in [6.07, 6.45) is 0.426. The molecule has 0 atom stereocenters. The summed E-state index contributed by atoms with van der Waals surface area (Å²) in [5, 5.41) is 1.12. The average Bonchev–Trinajstić information content (AvgIpc) is 2.95. The fourth-order valence-electron chi connectivity index (χ4n) is 2.40. The molecule has 0 amide bonds. The van der Waals surface area contributed by atoms with Gasteiger partial charge in [0.15, 0.2) is 16.3 Å². The van der Waals surface area contributed by atoms with Crippen LogP contribution in [0.25, 0.3) is 22.6 Å². The zero-order valence-corrected chi connectivity index (χ0v) is 14.6. The predicted octanol–water partition coefficient (Wildman–Crippen LogP) is 3.91. The molecule has 0 unspecified atom stereocenters. The third-order valence-corrected chi connectivity index (χ3v) is 4.73. The molecule has 0 saturated heterocycles. The number of hydrogen-bond donors (Lipinski definition) is 1. The first-order chi connectivity index (χ1) is 11.6. The van der Waals surface area contributed by atoms with E-state index in [0.29, 0.717) is 45.9 Å². The van der Waals surface area contributed by atoms with Crippen LogP contribution in [0.1, 0.15) is 13.3 Å². The van der Waals surface area contributed by atoms with E-state index in [0.717, 1.165) is 5.56 Å². The van der Waals surface area contributed by atoms with Gasteiger partial charge in [-0.05, 0) is 37.6 Å². The molecule has 3 rings (SSSR count). The van der Waals surface area contributed by atoms with Gasteiger partial charge in [0, 0.05) is 22.9 Å². The minimum atomic E-state index is -0.382. The summed E-state index contributed by atoms with van der Waals surface area (Å²) in [6, 6.07) is 7.29. The zero-order valence-electron chi connectivity index (χ0n) is 13.1. The topological polar surface area (TPSA) is 63.6 Å². The van der Waals surface area contributed by atoms with Crippen molar-refractivity contribution < 1.29 is 4.39 Å². The SMILES string of the molecule is CCn1c(-c2ccc(Cl)cc2)nc2c(=O)[nH]c(SCCCF)nc21. The van der Waals surface area contributed by atoms with Crippen molar-refractivity contribution in [3.63, 3.8) is 0 Å². The smallest absolute Gasteiger partial charge is 0.279 e. The van der Waals surface area contributed by atoms with Crippen molar-refractivity contribution in [2.45, 2.75) is 25.0 Å². The van der Waals surface area contributed by atoms with E-state index in [1.807, 2.05) is 23.6 Å². The summed E-state index contributed by atoms with van der Waals surface area (Å²) in [6.45, 7) is 2.21. The molecule has 8 heteroatoms. The van der Waals surface area contributed by atoms with Gasteiger partial charge in [-0.25, -0.2) is 9.97 Å². The number of thioether (sulfide) groups is 1. The molecule has 2 aromatic heterocycles. The maximum atomic E-state index is 12.3. The average molecular weight is 367 g/mol. The van der Waals surface area contributed by atoms with Gasteiger partial charge in [-0.15, -0.1) is 0 Å². The van der Waals surface area contributed by atoms with Crippen molar-refractivity contribution >= 4 is 34.5 Å². The summed E-state index contributed by atoms with van der Waals surface area (Å²) >= 11 is 7.27. The normalized spacial score (nSPS) is 11.3. The number of aryl methyl sites for hydroxylation is 1. The van der Waals surface area contributed by atoms with Gasteiger partial charge in [-0.3, -0.25) is 14.2 Å². The molecule has 0 bridgehead atoms. The van der Waals surface area contributed by atoms with Gasteiger partial charge in [0.05, 0.1) is 6.67 Å². The van der Waals surface area contributed by atoms with Crippen LogP contribution >= 0.6 is 23.4 Å². The lowest BCUT2D eigenvalue weighted by Gasteiger charge is -2.06. The van der Waals surface area contributed by atoms with Crippen LogP contribution in [0.2, 0.25) is 5.02 Å². The van der Waals surface area contributed by atoms with Gasteiger partial charge in [-0.1, -0.05) is 23.4 Å². The van der Waals surface area contributed by atoms with Crippen LogP contribution in [0.15, 0.2) is 34.2 Å². The zero-order chi connectivity index (χ0) is 17.1. The summed E-state index contributed by atoms with van der Waals surface area (Å²) in [7, 11) is 0. The Labute approximate surface area is 147 Å². The Hall–Kier alpha value is -1.86. The number of halogens is 2. The number of hydrogen-bond acceptors (Lipinski definition) is 4. The van der Waals surface area contributed by atoms with E-state index < -0.39 is 0 Å². The molecule has 0 aliphatic rings. The number of aromatic amines is 1. The fraction of sp³-hybridized carbons (Fsp3) is 0.312. The number of benzene rings is 1. The summed E-state index contributed by atoms with van der Waals surface area (Å²) < 4.78 is 14.1. The highest BCUT2D eigenvalue weighted by Gasteiger charge is 2.16. The van der Waals surface area contributed by atoms with E-state index in [-0.39, 0.29) is 12.2 Å². The Kier molecular flexibility index (Phi) is 5.20. The molecule has 0 fully saturated rings. The van der Waals surface area contributed by atoms with Crippen LogP contribution < -0.4 is 5.56 Å². The van der Waals surface area contributed by atoms with Crippen molar-refractivity contribution in [2.24, 2.45) is 0 Å². The second-order valence-electron chi connectivity index (χ2n) is 5.12. The minimum Gasteiger partial charge on any atom is -0.309 e. The molecule has 1 aromatic carbocycles. The summed E-state index contributed by atoms with van der Waals surface area (Å²) in [5.41, 5.74) is 1.42. The van der Waals surface area contributed by atoms with Gasteiger partial charge in [-0.2, -0.15) is 0 Å². The highest BCUT2D eigenvalue weighted by Crippen LogP contribution is 2.25. The number of nitrogens with one attached hydrogen (secondary N) is 1. The largest absolute Gasteiger partial charge is 0.309 e. The van der Waals surface area contributed by atoms with Crippen molar-refractivity contribution in [3.8, 4) is 11.4 Å². The maximum Gasteiger partial charge on any atom is 0.279 e. The lowest BCUT2D eigenvalue weighted by molar-refractivity contribution is 0.489. The van der Waals surface area contributed by atoms with Crippen LogP contribution in [0.4, 0.5) is 4.39 Å². The first-order valence-corrected chi connectivity index (χ1v) is 8.95. The van der Waals surface area contributed by atoms with E-state index in [1.54, 1.807) is 12.1 Å². The van der Waals surface area contributed by atoms with Gasteiger partial charge in [0.1, 0.15) is 5.82 Å². The first-order valence-electron chi connectivity index (χ1n) is 7.59. The molecule has 24 heavy (non-hydrogen) atoms. The molecule has 3 aromatic rings. The number of aromatic nitrogens is 4. The molecule has 0 aliphatic heterocycles. The molecule has 2 heterocycles. The van der Waals surface area contributed by atoms with Crippen molar-refractivity contribution in [1.29, 1.82) is 0 Å². The Morgan fingerprint density at radius 2 is 2.04 bits per heavy atom. The number of imidazole rings is 1. The summed E-state index contributed by atoms with van der Waals surface area (Å²) in [5.74, 6) is 1.24. The molecule has 0 aliphatic carbocycles. The monoisotopic (exact) mass is 366 g/mol. The van der Waals surface area contributed by atoms with Crippen molar-refractivity contribution in [2.75, 3.05) is 12.4 Å². The molecule has 1 N–H and O–H groups in total. The van der Waals surface area contributed by atoms with Crippen LogP contribution in [-0.4, -0.2) is 31.9 Å². The van der Waals surface area contributed by atoms with E-state index >= 15 is 0 Å². The number of H-pyrrole nitrogens is 1. The van der Waals surface area contributed by atoms with Crippen molar-refractivity contribution in [3.05, 3.63) is 39.6 Å². The van der Waals surface area contributed by atoms with Gasteiger partial charge in [0.25, 0.3) is 5.56 Å². The Morgan fingerprint density at radius 3 is 2.71 bits per heavy atom. The highest BCUT2D eigenvalue weighted by atomic mass is 35.5. The van der Waals surface area contributed by atoms with Crippen LogP contribution in [0.5, 0.6) is 0 Å². The number of nitrogens with zero attached hydrogens (tertiary/aromatic N) is 3. The second kappa shape index (κ2) is 7.36. The molecule has 126 valence electrons. The Bertz CT molecular complexity index is 907. The Balaban J connectivity index is 2.10. The van der Waals surface area contributed by atoms with E-state index in [2.05, 4.69) is 15.0 Å². The number of fused-ring (bicyclic) bond motifs is 1. The highest BCUT2D eigenvalue weighted by molar-refractivity contribution is 7.99. The minimum absolute atomic E-state index is 0.287. The lowest BCUT2D eigenvalue weighted by atomic mass is 10.2. The van der Waals surface area contributed by atoms with E-state index in [9.17, 15) is 9.18 Å². The predicted molar refractivity (Wildman–Crippen MR) is 95.6 cm³/mol. The third-order valence-electron chi connectivity index (χ3n) is 3.52. The van der Waals surface area contributed by atoms with E-state index in [1.165, 1.54) is 11.8 Å². The molecule has 0 saturated carbocycles. The Morgan fingerprint density at radius 1 is 1.29 bits per heavy atom. The molecule has 0 spiro atoms. The third kappa shape index (κ3) is 3.32. The first kappa shape index (κ1) is 17.0. The van der Waals surface area contributed by atoms with Crippen LogP contribution in [-0.2, 0) is 6.54 Å². The summed E-state index contributed by atoms with van der Waals surface area (Å²) in [4.78, 5) is 24.0. The molecular formula is C16H16ClFN4OS. The van der Waals surface area contributed by atoms with Gasteiger partial charge < -0.3 is 4.57 Å². The van der Waals surface area contributed by atoms with Gasteiger partial charge in [0.2, 0.25) is 0 Å². The molecule has 5 nitrogen and oxygen atoms in total. The quantitative estimate of drug-likeness (QED) is 0.408. The van der Waals surface area contributed by atoms with Gasteiger partial charge >= 0.3 is 0 Å². The van der Waals surface area contributed by atoms with Crippen molar-refractivity contribution in [1.82, 2.24) is 19.5 Å². The maximum absolute atomic E-state index is 12.3. The number of rotatable bonds is 6.